The molecule has 1 aliphatic heterocycles. The molecule has 0 bridgehead atoms. The molecule has 1 amide bonds. The number of piperidine rings is 1. The van der Waals surface area contributed by atoms with Crippen molar-refractivity contribution < 1.29 is 9.90 Å². The van der Waals surface area contributed by atoms with E-state index in [-0.39, 0.29) is 17.9 Å². The first-order valence-electron chi connectivity index (χ1n) is 9.08. The lowest BCUT2D eigenvalue weighted by Gasteiger charge is -2.40. The van der Waals surface area contributed by atoms with Crippen LogP contribution in [0.15, 0.2) is 36.7 Å². The van der Waals surface area contributed by atoms with E-state index in [0.29, 0.717) is 18.8 Å². The van der Waals surface area contributed by atoms with Crippen molar-refractivity contribution >= 4 is 5.91 Å². The topological polar surface area (TPSA) is 69.2 Å². The summed E-state index contributed by atoms with van der Waals surface area (Å²) in [7, 11) is 0. The molecule has 134 valence electrons. The fourth-order valence-electron chi connectivity index (χ4n) is 3.71. The normalized spacial score (nSPS) is 16.8. The molecular weight excluding hydrogens is 314 g/mol. The molecule has 0 saturated carbocycles. The van der Waals surface area contributed by atoms with Crippen molar-refractivity contribution in [3.63, 3.8) is 0 Å². The highest BCUT2D eigenvalue weighted by molar-refractivity contribution is 5.93. The van der Waals surface area contributed by atoms with Crippen molar-refractivity contribution in [3.8, 4) is 0 Å². The second-order valence-electron chi connectivity index (χ2n) is 7.17. The van der Waals surface area contributed by atoms with Gasteiger partial charge in [0.05, 0.1) is 6.33 Å². The number of H-pyrrole nitrogens is 1. The molecule has 2 heterocycles. The molecule has 5 nitrogen and oxygen atoms in total. The fraction of sp³-hybridized carbons (Fsp3) is 0.500. The number of carbonyl (C=O) groups is 1. The number of benzene rings is 1. The Hall–Kier alpha value is -2.14. The van der Waals surface area contributed by atoms with Gasteiger partial charge in [0.15, 0.2) is 0 Å². The third kappa shape index (κ3) is 4.10. The van der Waals surface area contributed by atoms with Crippen LogP contribution in [0.25, 0.3) is 0 Å². The van der Waals surface area contributed by atoms with Gasteiger partial charge in [-0.15, -0.1) is 0 Å². The van der Waals surface area contributed by atoms with Crippen LogP contribution in [0.2, 0.25) is 0 Å². The number of nitrogens with zero attached hydrogens (tertiary/aromatic N) is 2. The van der Waals surface area contributed by atoms with Crippen LogP contribution in [-0.4, -0.2) is 45.6 Å². The van der Waals surface area contributed by atoms with Crippen molar-refractivity contribution in [2.45, 2.75) is 39.0 Å². The number of aromatic nitrogens is 2. The summed E-state index contributed by atoms with van der Waals surface area (Å²) in [6.45, 7) is 3.45. The zero-order valence-corrected chi connectivity index (χ0v) is 14.9. The van der Waals surface area contributed by atoms with E-state index in [9.17, 15) is 9.90 Å². The lowest BCUT2D eigenvalue weighted by molar-refractivity contribution is 0.0300. The SMILES string of the molecule is Cc1[nH]cnc1C(=O)N1CCC(CO)(CCCc2ccccc2)CC1. The summed E-state index contributed by atoms with van der Waals surface area (Å²) in [5.74, 6) is -0.00502. The van der Waals surface area contributed by atoms with Gasteiger partial charge in [-0.2, -0.15) is 0 Å². The Morgan fingerprint density at radius 2 is 2.00 bits per heavy atom. The summed E-state index contributed by atoms with van der Waals surface area (Å²) in [5, 5.41) is 9.97. The molecule has 2 aromatic rings. The molecule has 5 heteroatoms. The van der Waals surface area contributed by atoms with Gasteiger partial charge in [0.25, 0.3) is 5.91 Å². The Labute approximate surface area is 149 Å². The molecule has 1 aromatic heterocycles. The molecule has 2 N–H and O–H groups in total. The minimum Gasteiger partial charge on any atom is -0.396 e. The van der Waals surface area contributed by atoms with E-state index in [4.69, 9.17) is 0 Å². The van der Waals surface area contributed by atoms with Crippen molar-refractivity contribution in [1.29, 1.82) is 0 Å². The van der Waals surface area contributed by atoms with Gasteiger partial charge in [0.1, 0.15) is 5.69 Å². The van der Waals surface area contributed by atoms with E-state index >= 15 is 0 Å². The lowest BCUT2D eigenvalue weighted by Crippen LogP contribution is -2.45. The predicted molar refractivity (Wildman–Crippen MR) is 97.4 cm³/mol. The van der Waals surface area contributed by atoms with Gasteiger partial charge in [-0.25, -0.2) is 4.98 Å². The first kappa shape index (κ1) is 17.7. The zero-order valence-electron chi connectivity index (χ0n) is 14.9. The van der Waals surface area contributed by atoms with Crippen LogP contribution in [0.4, 0.5) is 0 Å². The second kappa shape index (κ2) is 7.83. The fourth-order valence-corrected chi connectivity index (χ4v) is 3.71. The molecular formula is C20H27N3O2. The maximum atomic E-state index is 12.6. The third-order valence-corrected chi connectivity index (χ3v) is 5.49. The number of nitrogens with one attached hydrogen (secondary N) is 1. The van der Waals surface area contributed by atoms with Crippen molar-refractivity contribution in [1.82, 2.24) is 14.9 Å². The van der Waals surface area contributed by atoms with E-state index in [1.54, 1.807) is 6.33 Å². The number of rotatable bonds is 6. The Balaban J connectivity index is 1.53. The van der Waals surface area contributed by atoms with E-state index in [1.807, 2.05) is 17.9 Å². The van der Waals surface area contributed by atoms with Gasteiger partial charge < -0.3 is 15.0 Å². The minimum absolute atomic E-state index is 0.00502. The maximum absolute atomic E-state index is 12.6. The number of aliphatic hydroxyl groups excluding tert-OH is 1. The molecule has 0 radical (unpaired) electrons. The van der Waals surface area contributed by atoms with Crippen LogP contribution in [0.5, 0.6) is 0 Å². The molecule has 1 aromatic carbocycles. The maximum Gasteiger partial charge on any atom is 0.274 e. The number of carbonyl (C=O) groups excluding carboxylic acids is 1. The molecule has 0 atom stereocenters. The summed E-state index contributed by atoms with van der Waals surface area (Å²) in [5.41, 5.74) is 2.62. The first-order chi connectivity index (χ1) is 12.1. The molecule has 1 fully saturated rings. The smallest absolute Gasteiger partial charge is 0.274 e. The average molecular weight is 341 g/mol. The Bertz CT molecular complexity index is 688. The molecule has 0 spiro atoms. The quantitative estimate of drug-likeness (QED) is 0.849. The molecule has 1 aliphatic rings. The molecule has 1 saturated heterocycles. The highest BCUT2D eigenvalue weighted by Gasteiger charge is 2.35. The number of aromatic amines is 1. The van der Waals surface area contributed by atoms with Gasteiger partial charge in [0, 0.05) is 25.4 Å². The summed E-state index contributed by atoms with van der Waals surface area (Å²) in [6.07, 6.45) is 6.38. The molecule has 3 rings (SSSR count). The highest BCUT2D eigenvalue weighted by atomic mass is 16.3. The van der Waals surface area contributed by atoms with Crippen LogP contribution >= 0.6 is 0 Å². The summed E-state index contributed by atoms with van der Waals surface area (Å²) >= 11 is 0. The largest absolute Gasteiger partial charge is 0.396 e. The van der Waals surface area contributed by atoms with Crippen LogP contribution < -0.4 is 0 Å². The monoisotopic (exact) mass is 341 g/mol. The predicted octanol–water partition coefficient (Wildman–Crippen LogP) is 2.96. The number of hydrogen-bond donors (Lipinski definition) is 2. The summed E-state index contributed by atoms with van der Waals surface area (Å²) in [4.78, 5) is 21.5. The van der Waals surface area contributed by atoms with E-state index < -0.39 is 0 Å². The average Bonchev–Trinajstić information content (AvgIpc) is 3.08. The number of hydrogen-bond acceptors (Lipinski definition) is 3. The van der Waals surface area contributed by atoms with E-state index in [2.05, 4.69) is 34.2 Å². The number of amides is 1. The zero-order chi connectivity index (χ0) is 17.7. The summed E-state index contributed by atoms with van der Waals surface area (Å²) in [6, 6.07) is 10.5. The molecule has 25 heavy (non-hydrogen) atoms. The van der Waals surface area contributed by atoms with Gasteiger partial charge in [-0.05, 0) is 50.0 Å². The van der Waals surface area contributed by atoms with Gasteiger partial charge in [-0.3, -0.25) is 4.79 Å². The van der Waals surface area contributed by atoms with Crippen molar-refractivity contribution in [2.75, 3.05) is 19.7 Å². The Morgan fingerprint density at radius 1 is 1.28 bits per heavy atom. The van der Waals surface area contributed by atoms with Crippen molar-refractivity contribution in [2.24, 2.45) is 5.41 Å². The second-order valence-corrected chi connectivity index (χ2v) is 7.17. The molecule has 0 aliphatic carbocycles. The highest BCUT2D eigenvalue weighted by Crippen LogP contribution is 2.36. The van der Waals surface area contributed by atoms with Gasteiger partial charge in [0.2, 0.25) is 0 Å². The van der Waals surface area contributed by atoms with E-state index in [0.717, 1.165) is 37.8 Å². The lowest BCUT2D eigenvalue weighted by atomic mass is 9.75. The third-order valence-electron chi connectivity index (χ3n) is 5.49. The van der Waals surface area contributed by atoms with Crippen molar-refractivity contribution in [3.05, 3.63) is 53.6 Å². The first-order valence-corrected chi connectivity index (χ1v) is 9.08. The Kier molecular flexibility index (Phi) is 5.53. The molecule has 0 unspecified atom stereocenters. The van der Waals surface area contributed by atoms with Gasteiger partial charge in [-0.1, -0.05) is 30.3 Å². The standard InChI is InChI=1S/C20H27N3O2/c1-16-18(22-15-21-16)19(25)23-12-10-20(14-24,11-13-23)9-5-8-17-6-3-2-4-7-17/h2-4,6-7,15,24H,5,8-14H2,1H3,(H,21,22). The van der Waals surface area contributed by atoms with E-state index in [1.165, 1.54) is 5.56 Å². The number of imidazole rings is 1. The van der Waals surface area contributed by atoms with Crippen LogP contribution in [0.3, 0.4) is 0 Å². The van der Waals surface area contributed by atoms with Crippen LogP contribution in [0.1, 0.15) is 47.4 Å². The number of aryl methyl sites for hydroxylation is 2. The minimum atomic E-state index is -0.0494. The van der Waals surface area contributed by atoms with Crippen LogP contribution in [-0.2, 0) is 6.42 Å². The van der Waals surface area contributed by atoms with Gasteiger partial charge >= 0.3 is 0 Å². The summed E-state index contributed by atoms with van der Waals surface area (Å²) < 4.78 is 0. The van der Waals surface area contributed by atoms with Crippen LogP contribution in [0, 0.1) is 12.3 Å². The number of likely N-dealkylation sites (tertiary alicyclic amines) is 1. The number of aliphatic hydroxyl groups is 1. The Morgan fingerprint density at radius 3 is 2.60 bits per heavy atom.